The standard InChI is InChI=1S/C84H50F24NO2.BrH/c85-77(86,87)57-27-51(28-58(35-57)78(88,89)90)47-21-48(52-29-59(79(91,92)93)36-60(30-52)80(94,95)96)24-55(23-47)65-15-17-71-75-69(65)41-109(39-45-13-11-43-7-1-3-9-67(43)73(45)74-46(40-109)14-12-44-8-2-4-10-68(44)74)42-70-66(16-18-72(76(70)75)111-20-6-5-19-110-71)56-25-49(53-31-61(81(97,98)99)37-62(32-53)82(100,101)102)22-50(26-56)54-33-63(83(103,104)105)38-64(34-54)84(106,107)108;/h1-4,7-18,21-38H,5-6,19-20,39-42H2;1H/q+1;/p-1. The van der Waals surface area contributed by atoms with E-state index in [2.05, 4.69) is 0 Å². The van der Waals surface area contributed by atoms with Crippen LogP contribution in [0, 0.1) is 0 Å². The van der Waals surface area contributed by atoms with Gasteiger partial charge in [-0.1, -0.05) is 84.9 Å². The smallest absolute Gasteiger partial charge is 0.416 e. The second-order valence-corrected chi connectivity index (χ2v) is 27.7. The highest BCUT2D eigenvalue weighted by molar-refractivity contribution is 6.08. The highest BCUT2D eigenvalue weighted by Crippen LogP contribution is 2.57. The number of quaternary nitrogens is 1. The Bertz CT molecular complexity index is 5090. The van der Waals surface area contributed by atoms with Crippen LogP contribution >= 0.6 is 0 Å². The van der Waals surface area contributed by atoms with Crippen LogP contribution in [-0.2, 0) is 75.6 Å². The minimum atomic E-state index is -5.51. The molecule has 0 atom stereocenters. The molecule has 0 saturated heterocycles. The molecule has 28 heteroatoms. The Morgan fingerprint density at radius 1 is 0.241 bits per heavy atom. The summed E-state index contributed by atoms with van der Waals surface area (Å²) >= 11 is 0. The predicted molar refractivity (Wildman–Crippen MR) is 367 cm³/mol. The van der Waals surface area contributed by atoms with Gasteiger partial charge in [-0.2, -0.15) is 105 Å². The van der Waals surface area contributed by atoms with Gasteiger partial charge in [-0.3, -0.25) is 0 Å². The number of alkyl halides is 24. The molecule has 0 aliphatic carbocycles. The Kier molecular flexibility index (Phi) is 19.4. The van der Waals surface area contributed by atoms with Crippen LogP contribution in [0.4, 0.5) is 105 Å². The highest BCUT2D eigenvalue weighted by Gasteiger charge is 2.46. The molecule has 12 aromatic carbocycles. The fourth-order valence-corrected chi connectivity index (χ4v) is 15.4. The zero-order valence-corrected chi connectivity index (χ0v) is 58.6. The quantitative estimate of drug-likeness (QED) is 0.122. The van der Waals surface area contributed by atoms with Gasteiger partial charge in [-0.05, 0) is 234 Å². The molecule has 0 saturated carbocycles. The molecule has 112 heavy (non-hydrogen) atoms. The number of fused-ring (bicyclic) bond motifs is 7. The van der Waals surface area contributed by atoms with Crippen LogP contribution < -0.4 is 26.5 Å². The van der Waals surface area contributed by atoms with E-state index in [0.29, 0.717) is 70.8 Å². The summed E-state index contributed by atoms with van der Waals surface area (Å²) in [5.41, 5.74) is -18.2. The van der Waals surface area contributed by atoms with Crippen LogP contribution in [0.25, 0.3) is 111 Å². The van der Waals surface area contributed by atoms with E-state index in [0.717, 1.165) is 57.9 Å². The number of nitrogens with zero attached hydrogens (tertiary/aromatic N) is 1. The fourth-order valence-electron chi connectivity index (χ4n) is 15.4. The lowest BCUT2D eigenvalue weighted by Gasteiger charge is -2.39. The first-order chi connectivity index (χ1) is 51.9. The molecule has 0 N–H and O–H groups in total. The molecule has 0 amide bonds. The van der Waals surface area contributed by atoms with E-state index in [1.807, 2.05) is 60.7 Å². The summed E-state index contributed by atoms with van der Waals surface area (Å²) in [6.07, 6.45) is -43.5. The number of hydrogen-bond acceptors (Lipinski definition) is 2. The normalized spacial score (nSPS) is 14.8. The van der Waals surface area contributed by atoms with Crippen molar-refractivity contribution in [2.75, 3.05) is 13.2 Å². The maximum atomic E-state index is 14.9. The molecule has 0 fully saturated rings. The largest absolute Gasteiger partial charge is 1.00 e. The molecule has 3 nitrogen and oxygen atoms in total. The summed E-state index contributed by atoms with van der Waals surface area (Å²) in [7, 11) is 0. The molecule has 3 heterocycles. The molecule has 578 valence electrons. The number of ether oxygens (including phenoxy) is 2. The average molecular weight is 1640 g/mol. The van der Waals surface area contributed by atoms with E-state index in [9.17, 15) is 105 Å². The SMILES string of the molecule is FC(F)(F)c1cc(-c2cc(-c3cc(C(F)(F)F)cc(C(F)(F)F)c3)cc(-c3ccc4c5c3C[N+]3(Cc6ccc7ccccc7c6-c6c(ccc7ccccc67)C3)Cc3c(-c6cc(-c7cc(C(F)(F)F)cc(C(F)(F)F)c7)cc(-c7cc(C(F)(F)F)cc(C(F)(F)F)c7)c6)ccc(c3-5)OCCCCO4)c2)cc(C(F)(F)F)c1.[Br-]. The van der Waals surface area contributed by atoms with E-state index < -0.39 is 138 Å². The third-order valence-corrected chi connectivity index (χ3v) is 20.3. The van der Waals surface area contributed by atoms with Crippen LogP contribution in [-0.4, -0.2) is 17.7 Å². The highest BCUT2D eigenvalue weighted by atomic mass is 79.9. The summed E-state index contributed by atoms with van der Waals surface area (Å²) in [4.78, 5) is 0. The summed E-state index contributed by atoms with van der Waals surface area (Å²) < 4.78 is 371. The molecular formula is C84H50BrF24NO2. The maximum Gasteiger partial charge on any atom is 0.416 e. The second-order valence-electron chi connectivity index (χ2n) is 27.7. The summed E-state index contributed by atoms with van der Waals surface area (Å²) in [6, 6.07) is 35.5. The van der Waals surface area contributed by atoms with E-state index in [1.165, 1.54) is 24.3 Å². The monoisotopic (exact) mass is 1640 g/mol. The van der Waals surface area contributed by atoms with Crippen molar-refractivity contribution in [2.45, 2.75) is 88.4 Å². The molecule has 0 bridgehead atoms. The molecule has 3 aliphatic heterocycles. The lowest BCUT2D eigenvalue weighted by molar-refractivity contribution is -0.977. The first-order valence-corrected chi connectivity index (χ1v) is 33.9. The van der Waals surface area contributed by atoms with Gasteiger partial charge < -0.3 is 30.9 Å². The van der Waals surface area contributed by atoms with Gasteiger partial charge in [-0.25, -0.2) is 0 Å². The Labute approximate surface area is 630 Å². The molecular weight excluding hydrogens is 1590 g/mol. The van der Waals surface area contributed by atoms with Crippen molar-refractivity contribution >= 4 is 21.5 Å². The second kappa shape index (κ2) is 27.7. The van der Waals surface area contributed by atoms with Crippen LogP contribution in [0.1, 0.15) is 79.6 Å². The minimum Gasteiger partial charge on any atom is -1.00 e. The predicted octanol–water partition coefficient (Wildman–Crippen LogP) is 24.6. The minimum absolute atomic E-state index is 0. The molecule has 1 spiro atoms. The van der Waals surface area contributed by atoms with Crippen molar-refractivity contribution < 1.29 is 136 Å². The number of benzene rings is 12. The van der Waals surface area contributed by atoms with Crippen molar-refractivity contribution in [1.82, 2.24) is 0 Å². The molecule has 0 aromatic heterocycles. The summed E-state index contributed by atoms with van der Waals surface area (Å²) in [6.45, 7) is -0.968. The third-order valence-electron chi connectivity index (χ3n) is 20.3. The number of halogens is 25. The zero-order chi connectivity index (χ0) is 79.2. The molecule has 12 aromatic rings. The first kappa shape index (κ1) is 78.2. The summed E-state index contributed by atoms with van der Waals surface area (Å²) in [5.74, 6) is -0.0184. The van der Waals surface area contributed by atoms with Crippen molar-refractivity contribution in [1.29, 1.82) is 0 Å². The molecule has 15 rings (SSSR count). The van der Waals surface area contributed by atoms with E-state index in [1.54, 1.807) is 12.1 Å². The van der Waals surface area contributed by atoms with Crippen molar-refractivity contribution in [2.24, 2.45) is 0 Å². The number of rotatable bonds is 6. The van der Waals surface area contributed by atoms with E-state index in [-0.39, 0.29) is 154 Å². The Hall–Kier alpha value is -10.5. The first-order valence-electron chi connectivity index (χ1n) is 33.9. The molecule has 0 radical (unpaired) electrons. The topological polar surface area (TPSA) is 18.5 Å². The van der Waals surface area contributed by atoms with Gasteiger partial charge in [0.15, 0.2) is 0 Å². The van der Waals surface area contributed by atoms with Gasteiger partial charge in [0.05, 0.1) is 57.7 Å². The van der Waals surface area contributed by atoms with Gasteiger partial charge >= 0.3 is 49.4 Å². The van der Waals surface area contributed by atoms with Gasteiger partial charge in [0, 0.05) is 33.4 Å². The van der Waals surface area contributed by atoms with Gasteiger partial charge in [0.1, 0.15) is 37.7 Å². The van der Waals surface area contributed by atoms with E-state index in [4.69, 9.17) is 9.47 Å². The Morgan fingerprint density at radius 3 is 0.759 bits per heavy atom. The zero-order valence-electron chi connectivity index (χ0n) is 57.0. The third kappa shape index (κ3) is 15.1. The van der Waals surface area contributed by atoms with Crippen molar-refractivity contribution in [3.63, 3.8) is 0 Å². The Balaban J connectivity index is 0.0000104. The lowest BCUT2D eigenvalue weighted by Crippen LogP contribution is -3.00. The fraction of sp³-hybridized carbons (Fsp3) is 0.190. The molecule has 0 unspecified atom stereocenters. The van der Waals surface area contributed by atoms with Gasteiger partial charge in [0.25, 0.3) is 0 Å². The van der Waals surface area contributed by atoms with Crippen LogP contribution in [0.2, 0.25) is 0 Å². The van der Waals surface area contributed by atoms with Gasteiger partial charge in [0.2, 0.25) is 0 Å². The van der Waals surface area contributed by atoms with Crippen LogP contribution in [0.15, 0.2) is 206 Å². The average Bonchev–Trinajstić information content (AvgIpc) is 1.53. The van der Waals surface area contributed by atoms with Crippen LogP contribution in [0.3, 0.4) is 0 Å². The number of hydrogen-bond donors (Lipinski definition) is 0. The van der Waals surface area contributed by atoms with Crippen LogP contribution in [0.5, 0.6) is 11.5 Å². The van der Waals surface area contributed by atoms with Crippen molar-refractivity contribution in [3.05, 3.63) is 273 Å². The maximum absolute atomic E-state index is 14.9. The van der Waals surface area contributed by atoms with Crippen molar-refractivity contribution in [3.8, 4) is 101 Å². The lowest BCUT2D eigenvalue weighted by atomic mass is 9.84. The Morgan fingerprint density at radius 2 is 0.491 bits per heavy atom. The summed E-state index contributed by atoms with van der Waals surface area (Å²) in [5, 5.41) is 3.00. The molecule has 3 aliphatic rings. The van der Waals surface area contributed by atoms with E-state index >= 15 is 0 Å². The van der Waals surface area contributed by atoms with Gasteiger partial charge in [-0.15, -0.1) is 0 Å².